The molecule has 0 atom stereocenters. The Morgan fingerprint density at radius 2 is 1.83 bits per heavy atom. The minimum Gasteiger partial charge on any atom is -0.236 e. The number of hydrogen-bond acceptors (Lipinski definition) is 3. The van der Waals surface area contributed by atoms with Crippen molar-refractivity contribution in [2.75, 3.05) is 0 Å². The Bertz CT molecular complexity index is 537. The van der Waals surface area contributed by atoms with Gasteiger partial charge in [0, 0.05) is 9.92 Å². The molecule has 0 bridgehead atoms. The van der Waals surface area contributed by atoms with Gasteiger partial charge in [-0.2, -0.15) is 0 Å². The van der Waals surface area contributed by atoms with Gasteiger partial charge in [0.25, 0.3) is 0 Å². The SMILES string of the molecule is Cc1nc(CSc2ccc(Cl)cc2)nc(Cl)c1I. The van der Waals surface area contributed by atoms with Crippen molar-refractivity contribution in [2.24, 2.45) is 0 Å². The second-order valence-corrected chi connectivity index (χ2v) is 6.49. The number of benzene rings is 1. The first kappa shape index (κ1) is 14.4. The highest BCUT2D eigenvalue weighted by atomic mass is 127. The van der Waals surface area contributed by atoms with E-state index >= 15 is 0 Å². The normalized spacial score (nSPS) is 10.7. The van der Waals surface area contributed by atoms with Crippen molar-refractivity contribution in [2.45, 2.75) is 17.6 Å². The fourth-order valence-corrected chi connectivity index (χ4v) is 2.68. The predicted octanol–water partition coefficient (Wildman–Crippen LogP) is 4.99. The third kappa shape index (κ3) is 3.73. The van der Waals surface area contributed by atoms with Crippen molar-refractivity contribution < 1.29 is 0 Å². The van der Waals surface area contributed by atoms with Crippen LogP contribution in [-0.4, -0.2) is 9.97 Å². The van der Waals surface area contributed by atoms with E-state index in [-0.39, 0.29) is 0 Å². The van der Waals surface area contributed by atoms with Crippen LogP contribution in [0.25, 0.3) is 0 Å². The number of aromatic nitrogens is 2. The summed E-state index contributed by atoms with van der Waals surface area (Å²) in [5.74, 6) is 1.44. The summed E-state index contributed by atoms with van der Waals surface area (Å²) in [4.78, 5) is 9.82. The summed E-state index contributed by atoms with van der Waals surface area (Å²) in [7, 11) is 0. The van der Waals surface area contributed by atoms with Gasteiger partial charge in [0.1, 0.15) is 11.0 Å². The third-order valence-corrected chi connectivity index (χ3v) is 5.35. The van der Waals surface area contributed by atoms with Crippen LogP contribution in [-0.2, 0) is 5.75 Å². The van der Waals surface area contributed by atoms with Crippen LogP contribution in [0.2, 0.25) is 10.2 Å². The van der Waals surface area contributed by atoms with Crippen molar-refractivity contribution in [3.8, 4) is 0 Å². The molecule has 2 rings (SSSR count). The fourth-order valence-electron chi connectivity index (χ4n) is 1.32. The zero-order chi connectivity index (χ0) is 13.1. The molecule has 18 heavy (non-hydrogen) atoms. The first-order valence-electron chi connectivity index (χ1n) is 5.13. The number of thioether (sulfide) groups is 1. The Kier molecular flexibility index (Phi) is 5.12. The van der Waals surface area contributed by atoms with Crippen LogP contribution in [0, 0.1) is 10.5 Å². The quantitative estimate of drug-likeness (QED) is 0.405. The van der Waals surface area contributed by atoms with E-state index in [2.05, 4.69) is 32.6 Å². The maximum Gasteiger partial charge on any atom is 0.146 e. The van der Waals surface area contributed by atoms with E-state index < -0.39 is 0 Å². The summed E-state index contributed by atoms with van der Waals surface area (Å²) in [5.41, 5.74) is 0.919. The number of aryl methyl sites for hydroxylation is 1. The van der Waals surface area contributed by atoms with E-state index in [9.17, 15) is 0 Å². The summed E-state index contributed by atoms with van der Waals surface area (Å²) in [5, 5.41) is 1.26. The van der Waals surface area contributed by atoms with E-state index in [1.807, 2.05) is 31.2 Å². The Hall–Kier alpha value is -0.0400. The first-order chi connectivity index (χ1) is 8.56. The lowest BCUT2D eigenvalue weighted by molar-refractivity contribution is 0.983. The van der Waals surface area contributed by atoms with Crippen LogP contribution in [0.3, 0.4) is 0 Å². The monoisotopic (exact) mass is 410 g/mol. The molecule has 0 saturated heterocycles. The average molecular weight is 411 g/mol. The molecule has 2 aromatic rings. The lowest BCUT2D eigenvalue weighted by Crippen LogP contribution is -1.99. The molecule has 0 saturated carbocycles. The topological polar surface area (TPSA) is 25.8 Å². The highest BCUT2D eigenvalue weighted by molar-refractivity contribution is 14.1. The maximum atomic E-state index is 6.04. The van der Waals surface area contributed by atoms with Crippen LogP contribution in [0.4, 0.5) is 0 Å². The molecule has 1 aromatic carbocycles. The van der Waals surface area contributed by atoms with Gasteiger partial charge in [-0.05, 0) is 53.8 Å². The van der Waals surface area contributed by atoms with Crippen molar-refractivity contribution in [1.82, 2.24) is 9.97 Å². The maximum absolute atomic E-state index is 6.04. The van der Waals surface area contributed by atoms with Crippen LogP contribution >= 0.6 is 57.6 Å². The second kappa shape index (κ2) is 6.41. The number of hydrogen-bond donors (Lipinski definition) is 0. The van der Waals surface area contributed by atoms with Crippen LogP contribution in [0.1, 0.15) is 11.5 Å². The van der Waals surface area contributed by atoms with Gasteiger partial charge in [0.15, 0.2) is 0 Å². The minimum absolute atomic E-state index is 0.523. The number of nitrogens with zero attached hydrogens (tertiary/aromatic N) is 2. The van der Waals surface area contributed by atoms with Gasteiger partial charge in [-0.15, -0.1) is 11.8 Å². The van der Waals surface area contributed by atoms with Gasteiger partial charge in [-0.1, -0.05) is 23.2 Å². The molecule has 0 aliphatic carbocycles. The lowest BCUT2D eigenvalue weighted by Gasteiger charge is -2.05. The van der Waals surface area contributed by atoms with E-state index in [0.717, 1.165) is 25.0 Å². The second-order valence-electron chi connectivity index (χ2n) is 3.57. The molecule has 0 unspecified atom stereocenters. The number of halogens is 3. The molecule has 0 aliphatic rings. The van der Waals surface area contributed by atoms with Crippen molar-refractivity contribution in [3.05, 3.63) is 49.5 Å². The van der Waals surface area contributed by atoms with Gasteiger partial charge >= 0.3 is 0 Å². The smallest absolute Gasteiger partial charge is 0.146 e. The van der Waals surface area contributed by atoms with Crippen LogP contribution in [0.15, 0.2) is 29.2 Å². The molecular formula is C12H9Cl2IN2S. The molecule has 94 valence electrons. The molecule has 2 nitrogen and oxygen atoms in total. The van der Waals surface area contributed by atoms with Crippen LogP contribution < -0.4 is 0 Å². The van der Waals surface area contributed by atoms with Gasteiger partial charge in [0.2, 0.25) is 0 Å². The summed E-state index contributed by atoms with van der Waals surface area (Å²) in [6.45, 7) is 1.94. The van der Waals surface area contributed by atoms with E-state index in [1.54, 1.807) is 11.8 Å². The zero-order valence-electron chi connectivity index (χ0n) is 9.45. The first-order valence-corrected chi connectivity index (χ1v) is 7.95. The van der Waals surface area contributed by atoms with E-state index in [1.165, 1.54) is 0 Å². The fraction of sp³-hybridized carbons (Fsp3) is 0.167. The van der Waals surface area contributed by atoms with E-state index in [4.69, 9.17) is 23.2 Å². The molecule has 1 aromatic heterocycles. The molecule has 0 aliphatic heterocycles. The van der Waals surface area contributed by atoms with Gasteiger partial charge in [0.05, 0.1) is 15.0 Å². The van der Waals surface area contributed by atoms with Gasteiger partial charge < -0.3 is 0 Å². The van der Waals surface area contributed by atoms with Crippen molar-refractivity contribution in [1.29, 1.82) is 0 Å². The zero-order valence-corrected chi connectivity index (χ0v) is 13.9. The Morgan fingerprint density at radius 3 is 2.44 bits per heavy atom. The van der Waals surface area contributed by atoms with Gasteiger partial charge in [-0.3, -0.25) is 0 Å². The Labute approximate surface area is 134 Å². The summed E-state index contributed by atoms with van der Waals surface area (Å²) >= 11 is 15.7. The Morgan fingerprint density at radius 1 is 1.17 bits per heavy atom. The van der Waals surface area contributed by atoms with Crippen molar-refractivity contribution in [3.63, 3.8) is 0 Å². The average Bonchev–Trinajstić information content (AvgIpc) is 2.35. The summed E-state index contributed by atoms with van der Waals surface area (Å²) < 4.78 is 0.912. The largest absolute Gasteiger partial charge is 0.236 e. The molecule has 0 fully saturated rings. The van der Waals surface area contributed by atoms with E-state index in [0.29, 0.717) is 10.9 Å². The Balaban J connectivity index is 2.08. The minimum atomic E-state index is 0.523. The third-order valence-electron chi connectivity index (χ3n) is 2.20. The summed E-state index contributed by atoms with van der Waals surface area (Å²) in [6, 6.07) is 7.70. The molecular weight excluding hydrogens is 402 g/mol. The summed E-state index contributed by atoms with van der Waals surface area (Å²) in [6.07, 6.45) is 0. The molecule has 0 spiro atoms. The van der Waals surface area contributed by atoms with Crippen molar-refractivity contribution >= 4 is 57.6 Å². The number of rotatable bonds is 3. The molecule has 0 N–H and O–H groups in total. The molecule has 1 heterocycles. The predicted molar refractivity (Wildman–Crippen MR) is 85.5 cm³/mol. The molecule has 6 heteroatoms. The molecule has 0 amide bonds. The lowest BCUT2D eigenvalue weighted by atomic mass is 10.4. The highest BCUT2D eigenvalue weighted by Crippen LogP contribution is 2.25. The standard InChI is InChI=1S/C12H9Cl2IN2S/c1-7-11(15)12(14)17-10(16-7)6-18-9-4-2-8(13)3-5-9/h2-5H,6H2,1H3. The highest BCUT2D eigenvalue weighted by Gasteiger charge is 2.07. The molecule has 0 radical (unpaired) electrons. The van der Waals surface area contributed by atoms with Gasteiger partial charge in [-0.25, -0.2) is 9.97 Å². The van der Waals surface area contributed by atoms with Crippen LogP contribution in [0.5, 0.6) is 0 Å².